The zero-order chi connectivity index (χ0) is 22.8. The highest BCUT2D eigenvalue weighted by atomic mass is 19.1. The Bertz CT molecular complexity index is 1020. The number of nitrogens with zero attached hydrogens (tertiary/aromatic N) is 4. The van der Waals surface area contributed by atoms with Crippen LogP contribution in [0.4, 0.5) is 25.1 Å². The maximum Gasteiger partial charge on any atom is 0.319 e. The number of carbonyl (C=O) groups is 1. The number of carbonyl (C=O) groups excluding carboxylic acids is 1. The largest absolute Gasteiger partial charge is 0.377 e. The van der Waals surface area contributed by atoms with Crippen LogP contribution in [0.25, 0.3) is 11.4 Å². The Kier molecular flexibility index (Phi) is 6.52. The van der Waals surface area contributed by atoms with Gasteiger partial charge in [-0.15, -0.1) is 0 Å². The monoisotopic (exact) mass is 446 g/mol. The number of ether oxygens (including phenoxy) is 1. The Morgan fingerprint density at radius 2 is 2.06 bits per heavy atom. The summed E-state index contributed by atoms with van der Waals surface area (Å²) in [6.45, 7) is 7.49. The maximum absolute atomic E-state index is 15.0. The molecule has 2 amide bonds. The first-order valence-corrected chi connectivity index (χ1v) is 10.8. The molecule has 0 saturated carbocycles. The molecule has 1 aromatic heterocycles. The molecule has 172 valence electrons. The van der Waals surface area contributed by atoms with Gasteiger partial charge in [-0.25, -0.2) is 23.5 Å². The molecule has 0 bridgehead atoms. The van der Waals surface area contributed by atoms with Crippen molar-refractivity contribution < 1.29 is 18.3 Å². The molecule has 1 atom stereocenters. The minimum absolute atomic E-state index is 0.0397. The van der Waals surface area contributed by atoms with E-state index in [4.69, 9.17) is 9.72 Å². The van der Waals surface area contributed by atoms with Crippen LogP contribution in [0.3, 0.4) is 0 Å². The zero-order valence-electron chi connectivity index (χ0n) is 18.5. The molecule has 3 heterocycles. The molecular formula is C22H28F2N6O2. The number of anilines is 2. The van der Waals surface area contributed by atoms with Crippen LogP contribution in [-0.4, -0.2) is 66.8 Å². The van der Waals surface area contributed by atoms with Crippen LogP contribution in [0.2, 0.25) is 0 Å². The summed E-state index contributed by atoms with van der Waals surface area (Å²) in [6.07, 6.45) is 0.789. The standard InChI is InChI=1S/C22H28F2N6O2/c1-4-25-22(31)27-18-10-16(23)15(9-17(18)24)20-26-19-11-29(3)6-5-14(19)21(28-20)30-7-8-32-12-13(30)2/h9-10,13H,4-8,11-12H2,1-3H3,(H2,25,27,31)/t13-/m0/s1. The van der Waals surface area contributed by atoms with Gasteiger partial charge in [0.25, 0.3) is 0 Å². The van der Waals surface area contributed by atoms with E-state index in [0.29, 0.717) is 32.8 Å². The van der Waals surface area contributed by atoms with Crippen molar-refractivity contribution in [3.63, 3.8) is 0 Å². The van der Waals surface area contributed by atoms with E-state index in [-0.39, 0.29) is 23.1 Å². The number of halogens is 2. The normalized spacial score (nSPS) is 18.9. The van der Waals surface area contributed by atoms with E-state index in [0.717, 1.165) is 42.2 Å². The highest BCUT2D eigenvalue weighted by Crippen LogP contribution is 2.33. The van der Waals surface area contributed by atoms with Gasteiger partial charge in [-0.2, -0.15) is 0 Å². The first-order valence-electron chi connectivity index (χ1n) is 10.8. The first-order chi connectivity index (χ1) is 15.4. The summed E-state index contributed by atoms with van der Waals surface area (Å²) < 4.78 is 35.3. The van der Waals surface area contributed by atoms with Gasteiger partial charge in [-0.3, -0.25) is 0 Å². The summed E-state index contributed by atoms with van der Waals surface area (Å²) in [7, 11) is 2.00. The molecule has 10 heteroatoms. The van der Waals surface area contributed by atoms with Gasteiger partial charge in [0.1, 0.15) is 17.5 Å². The van der Waals surface area contributed by atoms with Crippen LogP contribution in [0.15, 0.2) is 12.1 Å². The molecule has 0 radical (unpaired) electrons. The number of amides is 2. The number of benzene rings is 1. The number of urea groups is 1. The van der Waals surface area contributed by atoms with Crippen LogP contribution in [0.1, 0.15) is 25.1 Å². The lowest BCUT2D eigenvalue weighted by molar-refractivity contribution is 0.0983. The summed E-state index contributed by atoms with van der Waals surface area (Å²) in [5, 5.41) is 4.81. The van der Waals surface area contributed by atoms with Crippen molar-refractivity contribution in [3.8, 4) is 11.4 Å². The molecule has 32 heavy (non-hydrogen) atoms. The second-order valence-corrected chi connectivity index (χ2v) is 8.20. The Balaban J connectivity index is 1.76. The van der Waals surface area contributed by atoms with E-state index in [9.17, 15) is 9.18 Å². The summed E-state index contributed by atoms with van der Waals surface area (Å²) in [6, 6.07) is 1.51. The molecule has 0 aliphatic carbocycles. The molecule has 2 aliphatic rings. The zero-order valence-corrected chi connectivity index (χ0v) is 18.5. The molecule has 0 unspecified atom stereocenters. The lowest BCUT2D eigenvalue weighted by Gasteiger charge is -2.37. The topological polar surface area (TPSA) is 82.6 Å². The van der Waals surface area contributed by atoms with Crippen LogP contribution >= 0.6 is 0 Å². The van der Waals surface area contributed by atoms with Gasteiger partial charge in [0.2, 0.25) is 0 Å². The Morgan fingerprint density at radius 3 is 2.81 bits per heavy atom. The number of likely N-dealkylation sites (N-methyl/N-ethyl adjacent to an activating group) is 1. The Hall–Kier alpha value is -2.85. The van der Waals surface area contributed by atoms with Crippen LogP contribution in [0.5, 0.6) is 0 Å². The second-order valence-electron chi connectivity index (χ2n) is 8.20. The minimum Gasteiger partial charge on any atom is -0.377 e. The molecule has 1 fully saturated rings. The third-order valence-electron chi connectivity index (χ3n) is 5.76. The van der Waals surface area contributed by atoms with Crippen molar-refractivity contribution in [2.75, 3.05) is 50.1 Å². The summed E-state index contributed by atoms with van der Waals surface area (Å²) in [4.78, 5) is 25.4. The molecule has 1 saturated heterocycles. The predicted molar refractivity (Wildman–Crippen MR) is 118 cm³/mol. The molecule has 2 aromatic rings. The highest BCUT2D eigenvalue weighted by Gasteiger charge is 2.29. The summed E-state index contributed by atoms with van der Waals surface area (Å²) >= 11 is 0. The van der Waals surface area contributed by atoms with E-state index in [2.05, 4.69) is 32.3 Å². The van der Waals surface area contributed by atoms with Crippen LogP contribution in [-0.2, 0) is 17.7 Å². The van der Waals surface area contributed by atoms with Gasteiger partial charge in [0, 0.05) is 37.8 Å². The fourth-order valence-electron chi connectivity index (χ4n) is 4.08. The van der Waals surface area contributed by atoms with E-state index in [1.54, 1.807) is 6.92 Å². The number of hydrogen-bond donors (Lipinski definition) is 2. The molecule has 1 aromatic carbocycles. The smallest absolute Gasteiger partial charge is 0.319 e. The van der Waals surface area contributed by atoms with Gasteiger partial charge in [-0.1, -0.05) is 0 Å². The summed E-state index contributed by atoms with van der Waals surface area (Å²) in [5.74, 6) is -0.567. The third kappa shape index (κ3) is 4.51. The van der Waals surface area contributed by atoms with Crippen LogP contribution in [0, 0.1) is 11.6 Å². The molecule has 4 rings (SSSR count). The number of morpholine rings is 1. The van der Waals surface area contributed by atoms with Crippen molar-refractivity contribution in [2.24, 2.45) is 0 Å². The van der Waals surface area contributed by atoms with Gasteiger partial charge in [0.05, 0.1) is 36.2 Å². The fraction of sp³-hybridized carbons (Fsp3) is 0.500. The molecule has 0 spiro atoms. The molecular weight excluding hydrogens is 418 g/mol. The average Bonchev–Trinajstić information content (AvgIpc) is 2.75. The van der Waals surface area contributed by atoms with Gasteiger partial charge in [-0.05, 0) is 33.4 Å². The molecule has 2 N–H and O–H groups in total. The SMILES string of the molecule is CCNC(=O)Nc1cc(F)c(-c2nc3c(c(N4CCOC[C@@H]4C)n2)CCN(C)C3)cc1F. The minimum atomic E-state index is -0.757. The van der Waals surface area contributed by atoms with Crippen molar-refractivity contribution in [2.45, 2.75) is 32.9 Å². The lowest BCUT2D eigenvalue weighted by Crippen LogP contribution is -2.45. The quantitative estimate of drug-likeness (QED) is 0.752. The van der Waals surface area contributed by atoms with E-state index in [1.165, 1.54) is 0 Å². The van der Waals surface area contributed by atoms with Crippen molar-refractivity contribution in [1.29, 1.82) is 0 Å². The predicted octanol–water partition coefficient (Wildman–Crippen LogP) is 2.78. The first kappa shape index (κ1) is 22.3. The highest BCUT2D eigenvalue weighted by molar-refractivity contribution is 5.89. The van der Waals surface area contributed by atoms with E-state index < -0.39 is 17.7 Å². The van der Waals surface area contributed by atoms with Gasteiger partial charge >= 0.3 is 6.03 Å². The van der Waals surface area contributed by atoms with E-state index >= 15 is 4.39 Å². The van der Waals surface area contributed by atoms with Crippen molar-refractivity contribution >= 4 is 17.5 Å². The lowest BCUT2D eigenvalue weighted by atomic mass is 10.0. The number of fused-ring (bicyclic) bond motifs is 1. The second kappa shape index (κ2) is 9.33. The van der Waals surface area contributed by atoms with Crippen molar-refractivity contribution in [3.05, 3.63) is 35.0 Å². The van der Waals surface area contributed by atoms with E-state index in [1.807, 2.05) is 7.05 Å². The number of nitrogens with one attached hydrogen (secondary N) is 2. The van der Waals surface area contributed by atoms with Crippen LogP contribution < -0.4 is 15.5 Å². The maximum atomic E-state index is 15.0. The summed E-state index contributed by atoms with van der Waals surface area (Å²) in [5.41, 5.74) is 1.59. The number of rotatable bonds is 4. The third-order valence-corrected chi connectivity index (χ3v) is 5.76. The molecule has 2 aliphatic heterocycles. The fourth-order valence-corrected chi connectivity index (χ4v) is 4.08. The van der Waals surface area contributed by atoms with Crippen molar-refractivity contribution in [1.82, 2.24) is 20.2 Å². The molecule has 8 nitrogen and oxygen atoms in total. The van der Waals surface area contributed by atoms with Gasteiger partial charge in [0.15, 0.2) is 5.82 Å². The number of aromatic nitrogens is 2. The Morgan fingerprint density at radius 1 is 1.25 bits per heavy atom. The van der Waals surface area contributed by atoms with Gasteiger partial charge < -0.3 is 25.2 Å². The number of hydrogen-bond acceptors (Lipinski definition) is 6. The Labute approximate surface area is 186 Å². The average molecular weight is 447 g/mol.